The Kier molecular flexibility index (Phi) is 5.31. The van der Waals surface area contributed by atoms with Gasteiger partial charge in [-0.05, 0) is 24.5 Å². The lowest BCUT2D eigenvalue weighted by molar-refractivity contribution is -0.118. The third-order valence-electron chi connectivity index (χ3n) is 5.11. The van der Waals surface area contributed by atoms with E-state index in [1.54, 1.807) is 18.0 Å². The smallest absolute Gasteiger partial charge is 0.240 e. The third-order valence-corrected chi connectivity index (χ3v) is 5.11. The molecule has 0 aliphatic carbocycles. The van der Waals surface area contributed by atoms with E-state index in [4.69, 9.17) is 4.74 Å². The Morgan fingerprint density at radius 3 is 2.79 bits per heavy atom. The Labute approximate surface area is 163 Å². The molecular weight excluding hydrogens is 356 g/mol. The van der Waals surface area contributed by atoms with Crippen molar-refractivity contribution in [2.24, 2.45) is 7.05 Å². The average molecular weight is 380 g/mol. The summed E-state index contributed by atoms with van der Waals surface area (Å²) in [5.41, 5.74) is 2.83. The number of carbonyl (C=O) groups is 1. The van der Waals surface area contributed by atoms with Crippen molar-refractivity contribution in [1.29, 1.82) is 0 Å². The van der Waals surface area contributed by atoms with Crippen molar-refractivity contribution in [3.05, 3.63) is 36.8 Å². The summed E-state index contributed by atoms with van der Waals surface area (Å²) in [5, 5.41) is 7.95. The van der Waals surface area contributed by atoms with Gasteiger partial charge in [0.1, 0.15) is 0 Å². The first-order chi connectivity index (χ1) is 13.6. The number of piperidine rings is 1. The van der Waals surface area contributed by atoms with Crippen LogP contribution in [0.1, 0.15) is 12.8 Å². The minimum absolute atomic E-state index is 0.0985. The Balaban J connectivity index is 1.44. The van der Waals surface area contributed by atoms with E-state index in [0.29, 0.717) is 18.6 Å². The second-order valence-electron chi connectivity index (χ2n) is 7.13. The fraction of sp³-hybridized carbons (Fsp3) is 0.400. The van der Waals surface area contributed by atoms with Gasteiger partial charge in [0.2, 0.25) is 11.9 Å². The van der Waals surface area contributed by atoms with E-state index < -0.39 is 0 Å². The number of methoxy groups -OCH3 is 1. The predicted octanol–water partition coefficient (Wildman–Crippen LogP) is 2.08. The van der Waals surface area contributed by atoms with Crippen molar-refractivity contribution in [3.8, 4) is 11.1 Å². The highest BCUT2D eigenvalue weighted by atomic mass is 16.5. The van der Waals surface area contributed by atoms with Crippen molar-refractivity contribution >= 4 is 22.8 Å². The molecule has 8 nitrogen and oxygen atoms in total. The molecule has 3 aromatic rings. The van der Waals surface area contributed by atoms with Crippen molar-refractivity contribution in [1.82, 2.24) is 24.6 Å². The molecule has 1 aliphatic heterocycles. The molecule has 28 heavy (non-hydrogen) atoms. The van der Waals surface area contributed by atoms with Crippen molar-refractivity contribution in [2.75, 3.05) is 32.1 Å². The van der Waals surface area contributed by atoms with Crippen LogP contribution in [-0.4, -0.2) is 63.4 Å². The van der Waals surface area contributed by atoms with Gasteiger partial charge in [-0.1, -0.05) is 12.1 Å². The minimum atomic E-state index is -0.0985. The van der Waals surface area contributed by atoms with Gasteiger partial charge in [-0.2, -0.15) is 5.10 Å². The summed E-state index contributed by atoms with van der Waals surface area (Å²) < 4.78 is 7.14. The van der Waals surface area contributed by atoms with Crippen LogP contribution in [0.25, 0.3) is 22.0 Å². The van der Waals surface area contributed by atoms with Gasteiger partial charge in [-0.15, -0.1) is 0 Å². The number of fused-ring (bicyclic) bond motifs is 1. The third kappa shape index (κ3) is 4.18. The van der Waals surface area contributed by atoms with Crippen molar-refractivity contribution < 1.29 is 9.53 Å². The van der Waals surface area contributed by atoms with Gasteiger partial charge < -0.3 is 4.74 Å². The zero-order valence-corrected chi connectivity index (χ0v) is 16.1. The van der Waals surface area contributed by atoms with Gasteiger partial charge >= 0.3 is 0 Å². The largest absolute Gasteiger partial charge is 0.381 e. The molecule has 0 radical (unpaired) electrons. The van der Waals surface area contributed by atoms with Crippen molar-refractivity contribution in [3.63, 3.8) is 0 Å². The average Bonchev–Trinajstić information content (AvgIpc) is 3.14. The molecule has 0 bridgehead atoms. The number of aromatic nitrogens is 4. The van der Waals surface area contributed by atoms with Crippen LogP contribution in [-0.2, 0) is 16.6 Å². The lowest BCUT2D eigenvalue weighted by Gasteiger charge is -2.30. The lowest BCUT2D eigenvalue weighted by atomic mass is 10.1. The highest BCUT2D eigenvalue weighted by Crippen LogP contribution is 2.23. The summed E-state index contributed by atoms with van der Waals surface area (Å²) >= 11 is 0. The molecule has 1 N–H and O–H groups in total. The summed E-state index contributed by atoms with van der Waals surface area (Å²) in [6.45, 7) is 2.06. The zero-order chi connectivity index (χ0) is 19.5. The number of nitrogens with zero attached hydrogens (tertiary/aromatic N) is 5. The lowest BCUT2D eigenvalue weighted by Crippen LogP contribution is -2.41. The first-order valence-corrected chi connectivity index (χ1v) is 9.41. The first kappa shape index (κ1) is 18.5. The normalized spacial score (nSPS) is 15.8. The van der Waals surface area contributed by atoms with E-state index in [0.717, 1.165) is 48.0 Å². The van der Waals surface area contributed by atoms with E-state index >= 15 is 0 Å². The van der Waals surface area contributed by atoms with Gasteiger partial charge in [0, 0.05) is 50.6 Å². The number of aryl methyl sites for hydroxylation is 1. The van der Waals surface area contributed by atoms with E-state index in [1.165, 1.54) is 0 Å². The molecule has 1 amide bonds. The molecule has 1 aliphatic rings. The van der Waals surface area contributed by atoms with Crippen LogP contribution in [0.2, 0.25) is 0 Å². The molecule has 0 saturated carbocycles. The van der Waals surface area contributed by atoms with Crippen LogP contribution in [0.3, 0.4) is 0 Å². The van der Waals surface area contributed by atoms with E-state index in [1.807, 2.05) is 37.6 Å². The number of amides is 1. The molecule has 0 spiro atoms. The summed E-state index contributed by atoms with van der Waals surface area (Å²) in [4.78, 5) is 23.3. The number of hydrogen-bond acceptors (Lipinski definition) is 6. The Bertz CT molecular complexity index is 978. The monoisotopic (exact) mass is 380 g/mol. The maximum atomic E-state index is 12.4. The van der Waals surface area contributed by atoms with Gasteiger partial charge in [-0.3, -0.25) is 19.7 Å². The van der Waals surface area contributed by atoms with E-state index in [-0.39, 0.29) is 5.91 Å². The Hall–Kier alpha value is -2.84. The molecule has 2 aromatic heterocycles. The van der Waals surface area contributed by atoms with E-state index in [9.17, 15) is 4.79 Å². The van der Waals surface area contributed by atoms with Crippen LogP contribution in [0.4, 0.5) is 5.95 Å². The molecule has 146 valence electrons. The summed E-state index contributed by atoms with van der Waals surface area (Å²) in [6.07, 6.45) is 7.71. The first-order valence-electron chi connectivity index (χ1n) is 9.41. The fourth-order valence-electron chi connectivity index (χ4n) is 3.50. The predicted molar refractivity (Wildman–Crippen MR) is 107 cm³/mol. The molecule has 4 rings (SSSR count). The molecule has 8 heteroatoms. The quantitative estimate of drug-likeness (QED) is 0.729. The number of carbonyl (C=O) groups excluding carboxylic acids is 1. The number of anilines is 1. The molecule has 1 aromatic carbocycles. The van der Waals surface area contributed by atoms with Crippen LogP contribution in [0.15, 0.2) is 36.8 Å². The number of nitrogens with one attached hydrogen (secondary N) is 1. The van der Waals surface area contributed by atoms with Gasteiger partial charge in [0.15, 0.2) is 0 Å². The SMILES string of the molecule is COC1CCN(CC(=O)Nc2ncc3ccc(-c4cnn(C)c4)cc3n2)CC1. The maximum Gasteiger partial charge on any atom is 0.240 e. The molecule has 1 saturated heterocycles. The minimum Gasteiger partial charge on any atom is -0.381 e. The van der Waals surface area contributed by atoms with Gasteiger partial charge in [0.25, 0.3) is 0 Å². The molecular formula is C20H24N6O2. The number of ether oxygens (including phenoxy) is 1. The maximum absolute atomic E-state index is 12.4. The summed E-state index contributed by atoms with van der Waals surface area (Å²) in [7, 11) is 3.63. The fourth-order valence-corrected chi connectivity index (χ4v) is 3.50. The van der Waals surface area contributed by atoms with Gasteiger partial charge in [-0.25, -0.2) is 9.97 Å². The Morgan fingerprint density at radius 2 is 2.07 bits per heavy atom. The summed E-state index contributed by atoms with van der Waals surface area (Å²) in [6, 6.07) is 5.98. The molecule has 3 heterocycles. The van der Waals surface area contributed by atoms with Crippen LogP contribution < -0.4 is 5.32 Å². The molecule has 1 fully saturated rings. The second kappa shape index (κ2) is 8.04. The Morgan fingerprint density at radius 1 is 1.25 bits per heavy atom. The number of benzene rings is 1. The van der Waals surface area contributed by atoms with Crippen LogP contribution in [0, 0.1) is 0 Å². The number of likely N-dealkylation sites (tertiary alicyclic amines) is 1. The van der Waals surface area contributed by atoms with E-state index in [2.05, 4.69) is 25.3 Å². The highest BCUT2D eigenvalue weighted by molar-refractivity contribution is 5.92. The molecule has 0 atom stereocenters. The summed E-state index contributed by atoms with van der Waals surface area (Å²) in [5.74, 6) is 0.228. The molecule has 0 unspecified atom stereocenters. The van der Waals surface area contributed by atoms with Crippen LogP contribution >= 0.6 is 0 Å². The van der Waals surface area contributed by atoms with Gasteiger partial charge in [0.05, 0.1) is 24.4 Å². The van der Waals surface area contributed by atoms with Crippen molar-refractivity contribution in [2.45, 2.75) is 18.9 Å². The zero-order valence-electron chi connectivity index (χ0n) is 16.1. The number of rotatable bonds is 5. The van der Waals surface area contributed by atoms with Crippen LogP contribution in [0.5, 0.6) is 0 Å². The number of hydrogen-bond donors (Lipinski definition) is 1. The highest BCUT2D eigenvalue weighted by Gasteiger charge is 2.20. The second-order valence-corrected chi connectivity index (χ2v) is 7.13. The standard InChI is InChI=1S/C20H24N6O2/c1-25-12-16(11-22-25)14-3-4-15-10-21-20(23-18(15)9-14)24-19(27)13-26-7-5-17(28-2)6-8-26/h3-4,9-12,17H,5-8,13H2,1-2H3,(H,21,23,24,27). The topological polar surface area (TPSA) is 85.2 Å².